The van der Waals surface area contributed by atoms with E-state index < -0.39 is 0 Å². The zero-order valence-electron chi connectivity index (χ0n) is 17.0. The fourth-order valence-corrected chi connectivity index (χ4v) is 3.09. The van der Waals surface area contributed by atoms with Crippen molar-refractivity contribution in [1.29, 1.82) is 0 Å². The number of benzene rings is 2. The number of carbonyl (C=O) groups excluding carboxylic acids is 1. The normalized spacial score (nSPS) is 10.7. The predicted molar refractivity (Wildman–Crippen MR) is 119 cm³/mol. The second-order valence-electron chi connectivity index (χ2n) is 6.98. The molecule has 0 saturated carbocycles. The molecular weight excluding hydrogens is 414 g/mol. The molecule has 0 fully saturated rings. The van der Waals surface area contributed by atoms with E-state index in [4.69, 9.17) is 16.3 Å². The first-order valence-electron chi connectivity index (χ1n) is 9.63. The number of aryl methyl sites for hydroxylation is 1. The molecule has 1 N–H and O–H groups in total. The van der Waals surface area contributed by atoms with Crippen LogP contribution in [0.5, 0.6) is 11.6 Å². The van der Waals surface area contributed by atoms with Gasteiger partial charge in [0.1, 0.15) is 24.2 Å². The highest BCUT2D eigenvalue weighted by atomic mass is 35.5. The second kappa shape index (κ2) is 8.97. The van der Waals surface area contributed by atoms with Gasteiger partial charge in [0.25, 0.3) is 0 Å². The van der Waals surface area contributed by atoms with Crippen molar-refractivity contribution in [2.24, 2.45) is 0 Å². The quantitative estimate of drug-likeness (QED) is 0.467. The van der Waals surface area contributed by atoms with E-state index in [1.807, 2.05) is 30.5 Å². The molecule has 0 unspecified atom stereocenters. The van der Waals surface area contributed by atoms with Crippen LogP contribution < -0.4 is 10.1 Å². The first kappa shape index (κ1) is 20.6. The minimum absolute atomic E-state index is 0.109. The molecule has 4 rings (SSSR count). The van der Waals surface area contributed by atoms with Crippen molar-refractivity contribution in [3.05, 3.63) is 89.2 Å². The highest BCUT2D eigenvalue weighted by molar-refractivity contribution is 6.30. The van der Waals surface area contributed by atoms with Crippen molar-refractivity contribution >= 4 is 23.2 Å². The van der Waals surface area contributed by atoms with Gasteiger partial charge in [-0.15, -0.1) is 0 Å². The smallest absolute Gasteiger partial charge is 0.228 e. The van der Waals surface area contributed by atoms with Crippen molar-refractivity contribution in [3.63, 3.8) is 0 Å². The number of halogens is 1. The Kier molecular flexibility index (Phi) is 5.95. The number of imidazole rings is 1. The SMILES string of the molecule is Cc1ncn(-c2cc(Oc3ccc(NC(=O)Cc4ccc(Cl)cc4)cc3)ncn2)c1C. The van der Waals surface area contributed by atoms with Crippen LogP contribution in [0.3, 0.4) is 0 Å². The number of hydrogen-bond donors (Lipinski definition) is 1. The van der Waals surface area contributed by atoms with E-state index in [0.717, 1.165) is 17.0 Å². The van der Waals surface area contributed by atoms with Gasteiger partial charge < -0.3 is 10.1 Å². The highest BCUT2D eigenvalue weighted by Crippen LogP contribution is 2.23. The van der Waals surface area contributed by atoms with Gasteiger partial charge in [0.2, 0.25) is 11.8 Å². The van der Waals surface area contributed by atoms with Crippen LogP contribution in [-0.4, -0.2) is 25.4 Å². The largest absolute Gasteiger partial charge is 0.439 e. The van der Waals surface area contributed by atoms with E-state index in [9.17, 15) is 4.79 Å². The number of aromatic nitrogens is 4. The summed E-state index contributed by atoms with van der Waals surface area (Å²) in [7, 11) is 0. The zero-order chi connectivity index (χ0) is 21.8. The van der Waals surface area contributed by atoms with E-state index in [0.29, 0.717) is 28.2 Å². The first-order chi connectivity index (χ1) is 15.0. The van der Waals surface area contributed by atoms with Crippen LogP contribution >= 0.6 is 11.6 Å². The van der Waals surface area contributed by atoms with E-state index in [1.165, 1.54) is 6.33 Å². The Morgan fingerprint density at radius 3 is 2.45 bits per heavy atom. The Bertz CT molecular complexity index is 1200. The summed E-state index contributed by atoms with van der Waals surface area (Å²) in [4.78, 5) is 25.0. The fraction of sp³-hybridized carbons (Fsp3) is 0.130. The second-order valence-corrected chi connectivity index (χ2v) is 7.41. The summed E-state index contributed by atoms with van der Waals surface area (Å²) in [6.07, 6.45) is 3.44. The molecule has 2 aromatic heterocycles. The maximum atomic E-state index is 12.2. The standard InChI is InChI=1S/C23H20ClN5O2/c1-15-16(2)29(14-27-15)21-12-23(26-13-25-21)31-20-9-7-19(8-10-20)28-22(30)11-17-3-5-18(24)6-4-17/h3-10,12-14H,11H2,1-2H3,(H,28,30). The summed E-state index contributed by atoms with van der Waals surface area (Å²) in [6.45, 7) is 3.92. The van der Waals surface area contributed by atoms with E-state index in [2.05, 4.69) is 20.3 Å². The lowest BCUT2D eigenvalue weighted by molar-refractivity contribution is -0.115. The number of nitrogens with zero attached hydrogens (tertiary/aromatic N) is 4. The lowest BCUT2D eigenvalue weighted by Crippen LogP contribution is -2.14. The third-order valence-corrected chi connectivity index (χ3v) is 5.02. The van der Waals surface area contributed by atoms with Gasteiger partial charge in [-0.25, -0.2) is 15.0 Å². The molecule has 8 heteroatoms. The van der Waals surface area contributed by atoms with Gasteiger partial charge in [-0.05, 0) is 55.8 Å². The zero-order valence-corrected chi connectivity index (χ0v) is 17.8. The van der Waals surface area contributed by atoms with Gasteiger partial charge >= 0.3 is 0 Å². The molecule has 0 saturated heterocycles. The van der Waals surface area contributed by atoms with Crippen LogP contribution in [0.25, 0.3) is 5.82 Å². The number of nitrogens with one attached hydrogen (secondary N) is 1. The van der Waals surface area contributed by atoms with Crippen LogP contribution in [0.1, 0.15) is 17.0 Å². The van der Waals surface area contributed by atoms with Crippen molar-refractivity contribution in [3.8, 4) is 17.4 Å². The van der Waals surface area contributed by atoms with E-state index in [1.54, 1.807) is 48.8 Å². The maximum absolute atomic E-state index is 12.2. The van der Waals surface area contributed by atoms with Gasteiger partial charge in [-0.2, -0.15) is 0 Å². The monoisotopic (exact) mass is 433 g/mol. The van der Waals surface area contributed by atoms with Gasteiger partial charge in [-0.1, -0.05) is 23.7 Å². The van der Waals surface area contributed by atoms with E-state index >= 15 is 0 Å². The molecule has 2 aromatic carbocycles. The summed E-state index contributed by atoms with van der Waals surface area (Å²) in [5.74, 6) is 1.57. The molecule has 0 spiro atoms. The molecule has 0 aliphatic carbocycles. The average molecular weight is 434 g/mol. The molecule has 31 heavy (non-hydrogen) atoms. The lowest BCUT2D eigenvalue weighted by Gasteiger charge is -2.09. The van der Waals surface area contributed by atoms with Gasteiger partial charge in [0.05, 0.1) is 12.1 Å². The van der Waals surface area contributed by atoms with Gasteiger partial charge in [0.15, 0.2) is 0 Å². The van der Waals surface area contributed by atoms with Crippen molar-refractivity contribution < 1.29 is 9.53 Å². The predicted octanol–water partition coefficient (Wildman–Crippen LogP) is 4.91. The van der Waals surface area contributed by atoms with Crippen molar-refractivity contribution in [2.45, 2.75) is 20.3 Å². The molecule has 2 heterocycles. The summed E-state index contributed by atoms with van der Waals surface area (Å²) >= 11 is 5.87. The third kappa shape index (κ3) is 5.07. The Morgan fingerprint density at radius 2 is 1.77 bits per heavy atom. The van der Waals surface area contributed by atoms with Crippen LogP contribution in [0.2, 0.25) is 5.02 Å². The third-order valence-electron chi connectivity index (χ3n) is 4.76. The van der Waals surface area contributed by atoms with Gasteiger partial charge in [0, 0.05) is 22.5 Å². The van der Waals surface area contributed by atoms with Gasteiger partial charge in [-0.3, -0.25) is 9.36 Å². The first-order valence-corrected chi connectivity index (χ1v) is 10.0. The average Bonchev–Trinajstić information content (AvgIpc) is 3.10. The number of amides is 1. The molecule has 0 aliphatic heterocycles. The van der Waals surface area contributed by atoms with Crippen molar-refractivity contribution in [1.82, 2.24) is 19.5 Å². The highest BCUT2D eigenvalue weighted by Gasteiger charge is 2.09. The number of rotatable bonds is 6. The molecular formula is C23H20ClN5O2. The van der Waals surface area contributed by atoms with Crippen LogP contribution in [0.15, 0.2) is 67.3 Å². The molecule has 156 valence electrons. The summed E-state index contributed by atoms with van der Waals surface area (Å²) in [5.41, 5.74) is 3.52. The molecule has 0 radical (unpaired) electrons. The van der Waals surface area contributed by atoms with E-state index in [-0.39, 0.29) is 12.3 Å². The fourth-order valence-electron chi connectivity index (χ4n) is 2.97. The Hall–Kier alpha value is -3.71. The topological polar surface area (TPSA) is 81.9 Å². The molecule has 0 aliphatic rings. The number of carbonyl (C=O) groups is 1. The summed E-state index contributed by atoms with van der Waals surface area (Å²) < 4.78 is 7.72. The maximum Gasteiger partial charge on any atom is 0.228 e. The van der Waals surface area contributed by atoms with Crippen LogP contribution in [-0.2, 0) is 11.2 Å². The molecule has 0 bridgehead atoms. The Morgan fingerprint density at radius 1 is 1.03 bits per heavy atom. The minimum atomic E-state index is -0.109. The number of ether oxygens (including phenoxy) is 1. The Balaban J connectivity index is 1.39. The molecule has 1 amide bonds. The molecule has 7 nitrogen and oxygen atoms in total. The number of hydrogen-bond acceptors (Lipinski definition) is 5. The van der Waals surface area contributed by atoms with Crippen LogP contribution in [0.4, 0.5) is 5.69 Å². The molecule has 4 aromatic rings. The summed E-state index contributed by atoms with van der Waals surface area (Å²) in [5, 5.41) is 3.52. The lowest BCUT2D eigenvalue weighted by atomic mass is 10.1. The van der Waals surface area contributed by atoms with Crippen molar-refractivity contribution in [2.75, 3.05) is 5.32 Å². The number of anilines is 1. The van der Waals surface area contributed by atoms with Crippen LogP contribution in [0, 0.1) is 13.8 Å². The molecule has 0 atom stereocenters. The summed E-state index contributed by atoms with van der Waals surface area (Å²) in [6, 6.07) is 16.0. The Labute approximate surface area is 184 Å². The minimum Gasteiger partial charge on any atom is -0.439 e.